The van der Waals surface area contributed by atoms with Gasteiger partial charge < -0.3 is 10.4 Å². The molecule has 0 fully saturated rings. The number of nitrogens with one attached hydrogen (secondary N) is 1. The fraction of sp³-hybridized carbons (Fsp3) is 0.500. The highest BCUT2D eigenvalue weighted by molar-refractivity contribution is 7.91. The van der Waals surface area contributed by atoms with Gasteiger partial charge in [0.1, 0.15) is 10.7 Å². The van der Waals surface area contributed by atoms with Crippen molar-refractivity contribution in [3.63, 3.8) is 0 Å². The number of rotatable bonds is 7. The zero-order valence-electron chi connectivity index (χ0n) is 10.3. The first kappa shape index (κ1) is 15.1. The summed E-state index contributed by atoms with van der Waals surface area (Å²) in [4.78, 5) is -0.362. The molecule has 0 saturated carbocycles. The SMILES string of the molecule is CCCNCC(O)CS(=O)(=O)c1ccccc1F. The van der Waals surface area contributed by atoms with E-state index in [2.05, 4.69) is 5.32 Å². The summed E-state index contributed by atoms with van der Waals surface area (Å²) in [6.45, 7) is 2.85. The lowest BCUT2D eigenvalue weighted by Gasteiger charge is -2.12. The van der Waals surface area contributed by atoms with Crippen LogP contribution >= 0.6 is 0 Å². The van der Waals surface area contributed by atoms with Crippen molar-refractivity contribution in [2.24, 2.45) is 0 Å². The molecule has 1 rings (SSSR count). The molecule has 0 spiro atoms. The molecule has 0 aliphatic heterocycles. The van der Waals surface area contributed by atoms with Gasteiger partial charge in [0.25, 0.3) is 0 Å². The molecular weight excluding hydrogens is 257 g/mol. The molecule has 2 N–H and O–H groups in total. The smallest absolute Gasteiger partial charge is 0.183 e. The molecule has 0 aliphatic rings. The van der Waals surface area contributed by atoms with Crippen molar-refractivity contribution in [1.29, 1.82) is 0 Å². The van der Waals surface area contributed by atoms with E-state index in [1.165, 1.54) is 18.2 Å². The van der Waals surface area contributed by atoms with E-state index in [9.17, 15) is 17.9 Å². The van der Waals surface area contributed by atoms with Crippen molar-refractivity contribution in [2.75, 3.05) is 18.8 Å². The van der Waals surface area contributed by atoms with Crippen molar-refractivity contribution in [2.45, 2.75) is 24.3 Å². The van der Waals surface area contributed by atoms with Gasteiger partial charge in [0, 0.05) is 6.54 Å². The van der Waals surface area contributed by atoms with Gasteiger partial charge >= 0.3 is 0 Å². The van der Waals surface area contributed by atoms with Crippen molar-refractivity contribution in [1.82, 2.24) is 5.32 Å². The minimum Gasteiger partial charge on any atom is -0.391 e. The first-order chi connectivity index (χ1) is 8.47. The Balaban J connectivity index is 2.68. The first-order valence-electron chi connectivity index (χ1n) is 5.83. The zero-order valence-corrected chi connectivity index (χ0v) is 11.1. The fourth-order valence-corrected chi connectivity index (χ4v) is 3.00. The molecule has 0 amide bonds. The average Bonchev–Trinajstić information content (AvgIpc) is 2.29. The third-order valence-corrected chi connectivity index (χ3v) is 4.22. The number of hydrogen-bond donors (Lipinski definition) is 2. The van der Waals surface area contributed by atoms with Crippen LogP contribution in [0.25, 0.3) is 0 Å². The number of sulfone groups is 1. The predicted octanol–water partition coefficient (Wildman–Crippen LogP) is 0.960. The van der Waals surface area contributed by atoms with Crippen LogP contribution in [0.15, 0.2) is 29.2 Å². The molecule has 102 valence electrons. The lowest BCUT2D eigenvalue weighted by molar-refractivity contribution is 0.194. The topological polar surface area (TPSA) is 66.4 Å². The molecule has 1 aromatic carbocycles. The van der Waals surface area contributed by atoms with E-state index in [-0.39, 0.29) is 11.4 Å². The Morgan fingerprint density at radius 1 is 1.39 bits per heavy atom. The van der Waals surface area contributed by atoms with Gasteiger partial charge in [-0.25, -0.2) is 12.8 Å². The second kappa shape index (κ2) is 6.82. The second-order valence-electron chi connectivity index (χ2n) is 4.07. The van der Waals surface area contributed by atoms with Crippen LogP contribution in [0.5, 0.6) is 0 Å². The number of aliphatic hydroxyl groups is 1. The van der Waals surface area contributed by atoms with Crippen LogP contribution in [0, 0.1) is 5.82 Å². The number of hydrogen-bond acceptors (Lipinski definition) is 4. The molecule has 0 bridgehead atoms. The van der Waals surface area contributed by atoms with Crippen LogP contribution < -0.4 is 5.32 Å². The summed E-state index contributed by atoms with van der Waals surface area (Å²) in [5, 5.41) is 12.5. The van der Waals surface area contributed by atoms with Gasteiger partial charge in [-0.2, -0.15) is 0 Å². The predicted molar refractivity (Wildman–Crippen MR) is 67.6 cm³/mol. The van der Waals surface area contributed by atoms with Crippen molar-refractivity contribution < 1.29 is 17.9 Å². The summed E-state index contributed by atoms with van der Waals surface area (Å²) in [6.07, 6.45) is -0.145. The quantitative estimate of drug-likeness (QED) is 0.727. The highest BCUT2D eigenvalue weighted by Crippen LogP contribution is 2.15. The minimum absolute atomic E-state index is 0.182. The minimum atomic E-state index is -3.79. The third-order valence-electron chi connectivity index (χ3n) is 2.39. The van der Waals surface area contributed by atoms with Crippen LogP contribution in [0.4, 0.5) is 4.39 Å². The number of benzene rings is 1. The van der Waals surface area contributed by atoms with E-state index in [0.29, 0.717) is 6.54 Å². The van der Waals surface area contributed by atoms with E-state index < -0.39 is 27.5 Å². The lowest BCUT2D eigenvalue weighted by Crippen LogP contribution is -2.33. The second-order valence-corrected chi connectivity index (χ2v) is 6.07. The molecule has 0 radical (unpaired) electrons. The molecule has 4 nitrogen and oxygen atoms in total. The number of aliphatic hydroxyl groups excluding tert-OH is 1. The van der Waals surface area contributed by atoms with Crippen LogP contribution in [0.1, 0.15) is 13.3 Å². The normalized spacial score (nSPS) is 13.5. The molecule has 0 aromatic heterocycles. The maximum atomic E-state index is 13.4. The van der Waals surface area contributed by atoms with Gasteiger partial charge in [-0.1, -0.05) is 19.1 Å². The number of halogens is 1. The molecule has 1 atom stereocenters. The lowest BCUT2D eigenvalue weighted by atomic mass is 10.3. The summed E-state index contributed by atoms with van der Waals surface area (Å²) in [5.74, 6) is -1.27. The van der Waals surface area contributed by atoms with Crippen molar-refractivity contribution in [3.8, 4) is 0 Å². The Labute approximate surface area is 107 Å². The van der Waals surface area contributed by atoms with Crippen molar-refractivity contribution in [3.05, 3.63) is 30.1 Å². The summed E-state index contributed by atoms with van der Waals surface area (Å²) in [7, 11) is -3.79. The maximum Gasteiger partial charge on any atom is 0.183 e. The van der Waals surface area contributed by atoms with E-state index in [1.807, 2.05) is 6.92 Å². The molecule has 0 aliphatic carbocycles. The summed E-state index contributed by atoms with van der Waals surface area (Å²) in [5.41, 5.74) is 0. The maximum absolute atomic E-state index is 13.4. The van der Waals surface area contributed by atoms with E-state index >= 15 is 0 Å². The molecule has 18 heavy (non-hydrogen) atoms. The van der Waals surface area contributed by atoms with Gasteiger partial charge in [-0.3, -0.25) is 0 Å². The molecule has 0 saturated heterocycles. The van der Waals surface area contributed by atoms with Gasteiger partial charge in [-0.15, -0.1) is 0 Å². The molecule has 0 heterocycles. The highest BCUT2D eigenvalue weighted by atomic mass is 32.2. The van der Waals surface area contributed by atoms with Gasteiger partial charge in [0.05, 0.1) is 11.9 Å². The van der Waals surface area contributed by atoms with E-state index in [1.54, 1.807) is 0 Å². The zero-order chi connectivity index (χ0) is 13.6. The monoisotopic (exact) mass is 275 g/mol. The van der Waals surface area contributed by atoms with E-state index in [4.69, 9.17) is 0 Å². The van der Waals surface area contributed by atoms with E-state index in [0.717, 1.165) is 12.5 Å². The Hall–Kier alpha value is -0.980. The standard InChI is InChI=1S/C12H18FNO3S/c1-2-7-14-8-10(15)9-18(16,17)12-6-4-3-5-11(12)13/h3-6,10,14-15H,2,7-9H2,1H3. The first-order valence-corrected chi connectivity index (χ1v) is 7.48. The fourth-order valence-electron chi connectivity index (χ4n) is 1.54. The van der Waals surface area contributed by atoms with Crippen LogP contribution in [-0.4, -0.2) is 38.5 Å². The Morgan fingerprint density at radius 3 is 2.67 bits per heavy atom. The highest BCUT2D eigenvalue weighted by Gasteiger charge is 2.22. The van der Waals surface area contributed by atoms with Gasteiger partial charge in [0.15, 0.2) is 9.84 Å². The van der Waals surface area contributed by atoms with Crippen molar-refractivity contribution >= 4 is 9.84 Å². The molecule has 1 unspecified atom stereocenters. The van der Waals surface area contributed by atoms with Gasteiger partial charge in [0.2, 0.25) is 0 Å². The van der Waals surface area contributed by atoms with Crippen LogP contribution in [-0.2, 0) is 9.84 Å². The molecular formula is C12H18FNO3S. The summed E-state index contributed by atoms with van der Waals surface area (Å²) in [6, 6.07) is 5.18. The van der Waals surface area contributed by atoms with Crippen LogP contribution in [0.3, 0.4) is 0 Å². The Morgan fingerprint density at radius 2 is 2.06 bits per heavy atom. The van der Waals surface area contributed by atoms with Gasteiger partial charge in [-0.05, 0) is 25.1 Å². The summed E-state index contributed by atoms with van der Waals surface area (Å²) < 4.78 is 37.1. The summed E-state index contributed by atoms with van der Waals surface area (Å²) >= 11 is 0. The third kappa shape index (κ3) is 4.36. The Bertz CT molecular complexity index is 476. The molecule has 1 aromatic rings. The Kier molecular flexibility index (Phi) is 5.71. The molecule has 6 heteroatoms. The average molecular weight is 275 g/mol. The largest absolute Gasteiger partial charge is 0.391 e. The van der Waals surface area contributed by atoms with Crippen LogP contribution in [0.2, 0.25) is 0 Å².